The summed E-state index contributed by atoms with van der Waals surface area (Å²) in [7, 11) is 0. The molecule has 6 nitrogen and oxygen atoms in total. The topological polar surface area (TPSA) is 50.1 Å². The lowest BCUT2D eigenvalue weighted by Gasteiger charge is -2.40. The summed E-state index contributed by atoms with van der Waals surface area (Å²) in [5.41, 5.74) is 2.30. The van der Waals surface area contributed by atoms with Crippen LogP contribution in [0.1, 0.15) is 55.6 Å². The fourth-order valence-electron chi connectivity index (χ4n) is 5.01. The van der Waals surface area contributed by atoms with Gasteiger partial charge in [0.25, 0.3) is 0 Å². The molecule has 0 radical (unpaired) electrons. The van der Waals surface area contributed by atoms with Gasteiger partial charge in [0, 0.05) is 31.9 Å². The zero-order chi connectivity index (χ0) is 21.0. The standard InChI is InChI=1S/C24H29FN6/c25-20-13-11-19(12-14-20)23(24-26-27-28-31(24)22-9-5-2-6-10-22)30-17-15-29(16-18-30)21-7-3-1-4-8-21/h1,3-4,7-8,11-14,22-23H,2,5-6,9-10,15-18H2/t23-/m1/s1. The molecule has 0 N–H and O–H groups in total. The molecule has 162 valence electrons. The van der Waals surface area contributed by atoms with E-state index in [-0.39, 0.29) is 11.9 Å². The minimum atomic E-state index is -0.219. The average molecular weight is 421 g/mol. The zero-order valence-electron chi connectivity index (χ0n) is 17.8. The lowest BCUT2D eigenvalue weighted by Crippen LogP contribution is -2.48. The number of benzene rings is 2. The van der Waals surface area contributed by atoms with E-state index in [9.17, 15) is 4.39 Å². The highest BCUT2D eigenvalue weighted by Crippen LogP contribution is 2.34. The Bertz CT molecular complexity index is 959. The lowest BCUT2D eigenvalue weighted by atomic mass is 9.95. The SMILES string of the molecule is Fc1ccc([C@H](c2nnnn2C2CCCCC2)N2CCN(c3ccccc3)CC2)cc1. The van der Waals surface area contributed by atoms with Crippen LogP contribution >= 0.6 is 0 Å². The van der Waals surface area contributed by atoms with Gasteiger partial charge in [-0.2, -0.15) is 0 Å². The summed E-state index contributed by atoms with van der Waals surface area (Å²) in [5, 5.41) is 13.0. The van der Waals surface area contributed by atoms with E-state index in [1.807, 2.05) is 12.1 Å². The molecular formula is C24H29FN6. The lowest BCUT2D eigenvalue weighted by molar-refractivity contribution is 0.193. The van der Waals surface area contributed by atoms with Crippen LogP contribution in [0, 0.1) is 5.82 Å². The quantitative estimate of drug-likeness (QED) is 0.618. The molecule has 7 heteroatoms. The van der Waals surface area contributed by atoms with Gasteiger partial charge >= 0.3 is 0 Å². The van der Waals surface area contributed by atoms with Crippen LogP contribution in [0.3, 0.4) is 0 Å². The minimum absolute atomic E-state index is 0.0737. The van der Waals surface area contributed by atoms with E-state index in [2.05, 4.69) is 60.3 Å². The Hall–Kier alpha value is -2.80. The molecule has 2 heterocycles. The average Bonchev–Trinajstić information content (AvgIpc) is 3.31. The summed E-state index contributed by atoms with van der Waals surface area (Å²) in [6, 6.07) is 17.7. The summed E-state index contributed by atoms with van der Waals surface area (Å²) in [4.78, 5) is 4.86. The zero-order valence-corrected chi connectivity index (χ0v) is 17.8. The number of hydrogen-bond acceptors (Lipinski definition) is 5. The van der Waals surface area contributed by atoms with Gasteiger partial charge in [0.15, 0.2) is 5.82 Å². The van der Waals surface area contributed by atoms with Crippen LogP contribution in [-0.4, -0.2) is 51.3 Å². The first-order valence-electron chi connectivity index (χ1n) is 11.4. The third-order valence-electron chi connectivity index (χ3n) is 6.67. The van der Waals surface area contributed by atoms with Crippen LogP contribution in [-0.2, 0) is 0 Å². The van der Waals surface area contributed by atoms with E-state index in [0.717, 1.165) is 50.4 Å². The molecule has 1 saturated carbocycles. The molecule has 5 rings (SSSR count). The van der Waals surface area contributed by atoms with E-state index in [0.29, 0.717) is 6.04 Å². The number of para-hydroxylation sites is 1. The van der Waals surface area contributed by atoms with Gasteiger partial charge in [-0.15, -0.1) is 5.10 Å². The van der Waals surface area contributed by atoms with Crippen molar-refractivity contribution in [2.75, 3.05) is 31.1 Å². The molecule has 0 bridgehead atoms. The van der Waals surface area contributed by atoms with Crippen molar-refractivity contribution in [2.45, 2.75) is 44.2 Å². The number of aromatic nitrogens is 4. The second-order valence-electron chi connectivity index (χ2n) is 8.59. The maximum atomic E-state index is 13.7. The summed E-state index contributed by atoms with van der Waals surface area (Å²) in [5.74, 6) is 0.662. The fraction of sp³-hybridized carbons (Fsp3) is 0.458. The normalized spacial score (nSPS) is 19.5. The van der Waals surface area contributed by atoms with Crippen LogP contribution < -0.4 is 4.90 Å². The Morgan fingerprint density at radius 3 is 2.26 bits per heavy atom. The van der Waals surface area contributed by atoms with Crippen LogP contribution in [0.4, 0.5) is 10.1 Å². The van der Waals surface area contributed by atoms with Gasteiger partial charge in [0.2, 0.25) is 0 Å². The van der Waals surface area contributed by atoms with Gasteiger partial charge < -0.3 is 4.90 Å². The largest absolute Gasteiger partial charge is 0.369 e. The second kappa shape index (κ2) is 9.14. The van der Waals surface area contributed by atoms with E-state index in [4.69, 9.17) is 0 Å². The van der Waals surface area contributed by atoms with Crippen LogP contribution in [0.15, 0.2) is 54.6 Å². The third-order valence-corrected chi connectivity index (χ3v) is 6.67. The highest BCUT2D eigenvalue weighted by molar-refractivity contribution is 5.46. The maximum absolute atomic E-state index is 13.7. The minimum Gasteiger partial charge on any atom is -0.369 e. The van der Waals surface area contributed by atoms with Crippen molar-refractivity contribution in [1.29, 1.82) is 0 Å². The monoisotopic (exact) mass is 420 g/mol. The number of anilines is 1. The van der Waals surface area contributed by atoms with Gasteiger partial charge in [-0.25, -0.2) is 9.07 Å². The fourth-order valence-corrected chi connectivity index (χ4v) is 5.01. The molecule has 2 fully saturated rings. The van der Waals surface area contributed by atoms with Crippen molar-refractivity contribution in [3.8, 4) is 0 Å². The summed E-state index contributed by atoms with van der Waals surface area (Å²) in [6.45, 7) is 3.67. The van der Waals surface area contributed by atoms with Gasteiger partial charge in [-0.3, -0.25) is 4.90 Å². The first kappa shape index (κ1) is 20.1. The van der Waals surface area contributed by atoms with E-state index < -0.39 is 0 Å². The van der Waals surface area contributed by atoms with Crippen molar-refractivity contribution in [3.63, 3.8) is 0 Å². The molecule has 2 aliphatic rings. The summed E-state index contributed by atoms with van der Waals surface area (Å²) < 4.78 is 15.7. The number of halogens is 1. The van der Waals surface area contributed by atoms with Crippen LogP contribution in [0.5, 0.6) is 0 Å². The van der Waals surface area contributed by atoms with Crippen molar-refractivity contribution >= 4 is 5.69 Å². The molecular weight excluding hydrogens is 391 g/mol. The molecule has 3 aromatic rings. The van der Waals surface area contributed by atoms with E-state index in [1.54, 1.807) is 0 Å². The van der Waals surface area contributed by atoms with Gasteiger partial charge in [0.1, 0.15) is 5.82 Å². The molecule has 1 aromatic heterocycles. The smallest absolute Gasteiger partial charge is 0.173 e. The molecule has 2 aromatic carbocycles. The molecule has 31 heavy (non-hydrogen) atoms. The number of tetrazole rings is 1. The van der Waals surface area contributed by atoms with Crippen molar-refractivity contribution in [3.05, 3.63) is 71.8 Å². The Kier molecular flexibility index (Phi) is 5.93. The Morgan fingerprint density at radius 2 is 1.55 bits per heavy atom. The molecule has 1 saturated heterocycles. The summed E-state index contributed by atoms with van der Waals surface area (Å²) >= 11 is 0. The summed E-state index contributed by atoms with van der Waals surface area (Å²) in [6.07, 6.45) is 5.98. The Labute approximate surface area is 182 Å². The van der Waals surface area contributed by atoms with Gasteiger partial charge in [0.05, 0.1) is 12.1 Å². The van der Waals surface area contributed by atoms with Crippen molar-refractivity contribution < 1.29 is 4.39 Å². The van der Waals surface area contributed by atoms with Crippen molar-refractivity contribution in [1.82, 2.24) is 25.1 Å². The molecule has 1 aliphatic heterocycles. The number of nitrogens with zero attached hydrogens (tertiary/aromatic N) is 6. The van der Waals surface area contributed by atoms with Crippen molar-refractivity contribution in [2.24, 2.45) is 0 Å². The highest BCUT2D eigenvalue weighted by atomic mass is 19.1. The second-order valence-corrected chi connectivity index (χ2v) is 8.59. The maximum Gasteiger partial charge on any atom is 0.173 e. The van der Waals surface area contributed by atoms with Gasteiger partial charge in [-0.05, 0) is 53.1 Å². The predicted molar refractivity (Wildman–Crippen MR) is 118 cm³/mol. The molecule has 0 unspecified atom stereocenters. The molecule has 0 spiro atoms. The third kappa shape index (κ3) is 4.32. The molecule has 1 atom stereocenters. The number of hydrogen-bond donors (Lipinski definition) is 0. The Balaban J connectivity index is 1.43. The van der Waals surface area contributed by atoms with Crippen LogP contribution in [0.2, 0.25) is 0 Å². The van der Waals surface area contributed by atoms with Gasteiger partial charge in [-0.1, -0.05) is 49.6 Å². The number of rotatable bonds is 5. The van der Waals surface area contributed by atoms with Crippen LogP contribution in [0.25, 0.3) is 0 Å². The highest BCUT2D eigenvalue weighted by Gasteiger charge is 2.32. The van der Waals surface area contributed by atoms with E-state index in [1.165, 1.54) is 37.1 Å². The Morgan fingerprint density at radius 1 is 0.839 bits per heavy atom. The first-order valence-corrected chi connectivity index (χ1v) is 11.4. The molecule has 0 amide bonds. The first-order chi connectivity index (χ1) is 15.3. The van der Waals surface area contributed by atoms with E-state index >= 15 is 0 Å². The number of piperazine rings is 1. The molecule has 1 aliphatic carbocycles. The predicted octanol–water partition coefficient (Wildman–Crippen LogP) is 4.23.